The molecule has 2 atom stereocenters. The number of carbonyl (C=O) groups excluding carboxylic acids is 1. The molecule has 0 radical (unpaired) electrons. The number of aliphatic carboxylic acids is 1. The molecule has 0 amide bonds. The number of halogens is 4. The van der Waals surface area contributed by atoms with Crippen LogP contribution < -0.4 is 10.1 Å². The van der Waals surface area contributed by atoms with Gasteiger partial charge >= 0.3 is 12.1 Å². The van der Waals surface area contributed by atoms with Crippen LogP contribution in [0, 0.1) is 11.7 Å². The average molecular weight is 548 g/mol. The average Bonchev–Trinajstić information content (AvgIpc) is 2.90. The summed E-state index contributed by atoms with van der Waals surface area (Å²) in [6.07, 6.45) is -3.41. The van der Waals surface area contributed by atoms with Gasteiger partial charge in [0, 0.05) is 35.7 Å². The van der Waals surface area contributed by atoms with Crippen LogP contribution in [0.4, 0.5) is 23.2 Å². The Morgan fingerprint density at radius 1 is 1.03 bits per heavy atom. The van der Waals surface area contributed by atoms with Gasteiger partial charge in [0.1, 0.15) is 12.4 Å². The maximum Gasteiger partial charge on any atom is 0.416 e. The molecule has 0 aliphatic rings. The van der Waals surface area contributed by atoms with Crippen LogP contribution in [0.25, 0.3) is 11.3 Å². The number of nitrogens with zero attached hydrogens (tertiary/aromatic N) is 2. The SMILES string of the molecule is CC[C@H](C)[C@@H](COc1ccc(-c2ccc(C(F)(F)F)cc2F)nn1)Nc1ccc(C(=O)CCCC(=O)O)cc1. The molecule has 39 heavy (non-hydrogen) atoms. The standard InChI is InChI=1S/C28H29F4N3O4/c1-3-17(2)24(33-20-10-7-18(8-11-20)25(36)5-4-6-27(37)38)16-39-26-14-13-23(34-35-26)21-12-9-19(15-22(21)29)28(30,31)32/h7-15,17,24,33H,3-6,16H2,1-2H3,(H,37,38)/t17-,24+/m0/s1. The largest absolute Gasteiger partial charge is 0.481 e. The number of carboxylic acid groups (broad SMARTS) is 1. The molecule has 2 aromatic carbocycles. The first-order chi connectivity index (χ1) is 18.5. The number of aromatic nitrogens is 2. The number of nitrogens with one attached hydrogen (secondary N) is 1. The number of anilines is 1. The van der Waals surface area contributed by atoms with Gasteiger partial charge < -0.3 is 15.2 Å². The fourth-order valence-electron chi connectivity index (χ4n) is 3.76. The summed E-state index contributed by atoms with van der Waals surface area (Å²) in [5.41, 5.74) is 0.150. The Morgan fingerprint density at radius 2 is 1.74 bits per heavy atom. The minimum Gasteiger partial charge on any atom is -0.481 e. The number of benzene rings is 2. The summed E-state index contributed by atoms with van der Waals surface area (Å²) in [6.45, 7) is 4.29. The second-order valence-electron chi connectivity index (χ2n) is 9.14. The highest BCUT2D eigenvalue weighted by Gasteiger charge is 2.31. The predicted molar refractivity (Wildman–Crippen MR) is 137 cm³/mol. The Balaban J connectivity index is 1.61. The second-order valence-corrected chi connectivity index (χ2v) is 9.14. The number of carboxylic acids is 1. The first-order valence-corrected chi connectivity index (χ1v) is 12.4. The monoisotopic (exact) mass is 547 g/mol. The zero-order valence-electron chi connectivity index (χ0n) is 21.5. The van der Waals surface area contributed by atoms with Crippen molar-refractivity contribution in [1.82, 2.24) is 10.2 Å². The molecule has 3 rings (SSSR count). The van der Waals surface area contributed by atoms with Gasteiger partial charge in [-0.25, -0.2) is 4.39 Å². The van der Waals surface area contributed by atoms with E-state index in [-0.39, 0.29) is 60.7 Å². The van der Waals surface area contributed by atoms with E-state index >= 15 is 0 Å². The van der Waals surface area contributed by atoms with Crippen LogP contribution in [0.2, 0.25) is 0 Å². The molecule has 2 N–H and O–H groups in total. The lowest BCUT2D eigenvalue weighted by Crippen LogP contribution is -2.33. The van der Waals surface area contributed by atoms with Crippen molar-refractivity contribution in [2.45, 2.75) is 51.7 Å². The van der Waals surface area contributed by atoms with Crippen LogP contribution >= 0.6 is 0 Å². The molecule has 0 saturated heterocycles. The van der Waals surface area contributed by atoms with Gasteiger partial charge in [-0.3, -0.25) is 9.59 Å². The van der Waals surface area contributed by atoms with Gasteiger partial charge in [-0.1, -0.05) is 20.3 Å². The molecule has 0 saturated carbocycles. The zero-order valence-corrected chi connectivity index (χ0v) is 21.5. The van der Waals surface area contributed by atoms with Gasteiger partial charge in [-0.15, -0.1) is 10.2 Å². The molecule has 0 fully saturated rings. The maximum absolute atomic E-state index is 14.3. The Morgan fingerprint density at radius 3 is 2.31 bits per heavy atom. The minimum absolute atomic E-state index is 0.0546. The zero-order chi connectivity index (χ0) is 28.6. The number of ether oxygens (including phenoxy) is 1. The van der Waals surface area contributed by atoms with Gasteiger partial charge in [0.25, 0.3) is 0 Å². The van der Waals surface area contributed by atoms with E-state index in [1.807, 2.05) is 13.8 Å². The van der Waals surface area contributed by atoms with Gasteiger partial charge in [0.05, 0.1) is 17.3 Å². The van der Waals surface area contributed by atoms with E-state index in [0.717, 1.165) is 24.2 Å². The second kappa shape index (κ2) is 13.2. The van der Waals surface area contributed by atoms with Crippen molar-refractivity contribution in [2.24, 2.45) is 5.92 Å². The number of hydrogen-bond acceptors (Lipinski definition) is 6. The van der Waals surface area contributed by atoms with E-state index in [4.69, 9.17) is 9.84 Å². The van der Waals surface area contributed by atoms with Crippen LogP contribution in [0.5, 0.6) is 5.88 Å². The van der Waals surface area contributed by atoms with Crippen molar-refractivity contribution in [3.05, 3.63) is 71.5 Å². The van der Waals surface area contributed by atoms with Crippen molar-refractivity contribution in [3.8, 4) is 17.1 Å². The van der Waals surface area contributed by atoms with E-state index in [1.54, 1.807) is 24.3 Å². The quantitative estimate of drug-likeness (QED) is 0.183. The molecule has 0 unspecified atom stereocenters. The van der Waals surface area contributed by atoms with Gasteiger partial charge in [0.15, 0.2) is 5.78 Å². The smallest absolute Gasteiger partial charge is 0.416 e. The third-order valence-corrected chi connectivity index (χ3v) is 6.31. The van der Waals surface area contributed by atoms with Gasteiger partial charge in [-0.2, -0.15) is 13.2 Å². The fourth-order valence-corrected chi connectivity index (χ4v) is 3.76. The topological polar surface area (TPSA) is 101 Å². The van der Waals surface area contributed by atoms with Gasteiger partial charge in [-0.05, 0) is 60.9 Å². The summed E-state index contributed by atoms with van der Waals surface area (Å²) in [5, 5.41) is 19.9. The molecule has 1 heterocycles. The molecule has 1 aromatic heterocycles. The molecule has 0 spiro atoms. The maximum atomic E-state index is 14.3. The summed E-state index contributed by atoms with van der Waals surface area (Å²) < 4.78 is 58.4. The van der Waals surface area contributed by atoms with Crippen molar-refractivity contribution < 1.29 is 37.0 Å². The van der Waals surface area contributed by atoms with E-state index < -0.39 is 23.5 Å². The Kier molecular flexibility index (Phi) is 9.97. The van der Waals surface area contributed by atoms with Crippen LogP contribution in [0.1, 0.15) is 55.5 Å². The highest BCUT2D eigenvalue weighted by atomic mass is 19.4. The third kappa shape index (κ3) is 8.49. The molecule has 0 aliphatic heterocycles. The molecular weight excluding hydrogens is 518 g/mol. The molecule has 0 aliphatic carbocycles. The molecule has 208 valence electrons. The van der Waals surface area contributed by atoms with Crippen molar-refractivity contribution in [1.29, 1.82) is 0 Å². The van der Waals surface area contributed by atoms with E-state index in [0.29, 0.717) is 11.6 Å². The lowest BCUT2D eigenvalue weighted by atomic mass is 9.99. The number of hydrogen-bond donors (Lipinski definition) is 2. The lowest BCUT2D eigenvalue weighted by Gasteiger charge is -2.25. The van der Waals surface area contributed by atoms with Crippen molar-refractivity contribution in [2.75, 3.05) is 11.9 Å². The van der Waals surface area contributed by atoms with E-state index in [9.17, 15) is 27.2 Å². The third-order valence-electron chi connectivity index (χ3n) is 6.31. The lowest BCUT2D eigenvalue weighted by molar-refractivity contribution is -0.138. The van der Waals surface area contributed by atoms with Crippen LogP contribution in [0.15, 0.2) is 54.6 Å². The van der Waals surface area contributed by atoms with Crippen LogP contribution in [-0.2, 0) is 11.0 Å². The molecule has 3 aromatic rings. The Labute approximate surface area is 223 Å². The number of rotatable bonds is 13. The number of carbonyl (C=O) groups is 2. The summed E-state index contributed by atoms with van der Waals surface area (Å²) in [6, 6.07) is 11.9. The normalized spacial score (nSPS) is 13.0. The molecular formula is C28H29F4N3O4. The Hall–Kier alpha value is -4.02. The van der Waals surface area contributed by atoms with Crippen molar-refractivity contribution >= 4 is 17.4 Å². The number of alkyl halides is 3. The highest BCUT2D eigenvalue weighted by molar-refractivity contribution is 5.96. The minimum atomic E-state index is -4.65. The van der Waals surface area contributed by atoms with E-state index in [2.05, 4.69) is 15.5 Å². The molecule has 0 bridgehead atoms. The number of Topliss-reactive ketones (excluding diaryl/α,β-unsaturated/α-hetero) is 1. The first-order valence-electron chi connectivity index (χ1n) is 12.4. The Bertz CT molecular complexity index is 1270. The number of ketones is 1. The first kappa shape index (κ1) is 29.5. The van der Waals surface area contributed by atoms with Crippen LogP contribution in [-0.4, -0.2) is 39.7 Å². The highest BCUT2D eigenvalue weighted by Crippen LogP contribution is 2.32. The van der Waals surface area contributed by atoms with Crippen molar-refractivity contribution in [3.63, 3.8) is 0 Å². The summed E-state index contributed by atoms with van der Waals surface area (Å²) in [5.74, 6) is -1.75. The summed E-state index contributed by atoms with van der Waals surface area (Å²) >= 11 is 0. The molecule has 11 heteroatoms. The van der Waals surface area contributed by atoms with Gasteiger partial charge in [0.2, 0.25) is 5.88 Å². The fraction of sp³-hybridized carbons (Fsp3) is 0.357. The van der Waals surface area contributed by atoms with Crippen LogP contribution in [0.3, 0.4) is 0 Å². The summed E-state index contributed by atoms with van der Waals surface area (Å²) in [4.78, 5) is 22.9. The van der Waals surface area contributed by atoms with E-state index in [1.165, 1.54) is 12.1 Å². The predicted octanol–water partition coefficient (Wildman–Crippen LogP) is 6.64. The summed E-state index contributed by atoms with van der Waals surface area (Å²) in [7, 11) is 0. The molecule has 7 nitrogen and oxygen atoms in total.